The Kier molecular flexibility index (Phi) is 5.51. The van der Waals surface area contributed by atoms with Crippen LogP contribution in [0.25, 0.3) is 5.69 Å². The number of nitrogens with one attached hydrogen (secondary N) is 2. The molecule has 5 nitrogen and oxygen atoms in total. The van der Waals surface area contributed by atoms with Gasteiger partial charge in [-0.3, -0.25) is 4.79 Å². The quantitative estimate of drug-likeness (QED) is 0.764. The molecule has 0 spiro atoms. The smallest absolute Gasteiger partial charge is 0.253 e. The van der Waals surface area contributed by atoms with E-state index in [0.717, 1.165) is 30.8 Å². The highest BCUT2D eigenvalue weighted by Crippen LogP contribution is 2.16. The lowest BCUT2D eigenvalue weighted by Gasteiger charge is -2.12. The van der Waals surface area contributed by atoms with Gasteiger partial charge in [0.2, 0.25) is 0 Å². The zero-order valence-electron chi connectivity index (χ0n) is 12.6. The van der Waals surface area contributed by atoms with Gasteiger partial charge in [0, 0.05) is 25.5 Å². The number of aromatic nitrogens is 2. The lowest BCUT2D eigenvalue weighted by molar-refractivity contribution is 0.0954. The van der Waals surface area contributed by atoms with Crippen LogP contribution in [0.5, 0.6) is 0 Å². The molecule has 0 aliphatic carbocycles. The first kappa shape index (κ1) is 15.3. The molecule has 5 heteroatoms. The Morgan fingerprint density at radius 3 is 2.86 bits per heavy atom. The van der Waals surface area contributed by atoms with Crippen molar-refractivity contribution in [2.75, 3.05) is 19.6 Å². The fraction of sp³-hybridized carbons (Fsp3) is 0.375. The monoisotopic (exact) mass is 286 g/mol. The fourth-order valence-electron chi connectivity index (χ4n) is 2.12. The highest BCUT2D eigenvalue weighted by atomic mass is 16.1. The summed E-state index contributed by atoms with van der Waals surface area (Å²) in [7, 11) is 0. The molecule has 2 N–H and O–H groups in total. The Hall–Kier alpha value is -2.14. The number of amides is 1. The minimum Gasteiger partial charge on any atom is -0.351 e. The van der Waals surface area contributed by atoms with Gasteiger partial charge in [-0.05, 0) is 32.0 Å². The molecule has 1 heterocycles. The second-order valence-electron chi connectivity index (χ2n) is 5.00. The van der Waals surface area contributed by atoms with Crippen LogP contribution in [0.4, 0.5) is 0 Å². The normalized spacial score (nSPS) is 10.6. The number of nitrogens with zero attached hydrogens (tertiary/aromatic N) is 2. The molecule has 0 saturated heterocycles. The van der Waals surface area contributed by atoms with Crippen LogP contribution in [0.1, 0.15) is 29.3 Å². The predicted octanol–water partition coefficient (Wildman–Crippen LogP) is 1.91. The molecule has 1 aromatic carbocycles. The number of hydrogen-bond donors (Lipinski definition) is 2. The molecule has 0 aliphatic rings. The van der Waals surface area contributed by atoms with Crippen LogP contribution < -0.4 is 10.6 Å². The summed E-state index contributed by atoms with van der Waals surface area (Å²) in [6.45, 7) is 6.48. The first-order chi connectivity index (χ1) is 10.2. The molecule has 2 rings (SSSR count). The number of aryl methyl sites for hydroxylation is 1. The number of benzene rings is 1. The molecule has 0 aliphatic heterocycles. The summed E-state index contributed by atoms with van der Waals surface area (Å²) in [6.07, 6.45) is 6.33. The van der Waals surface area contributed by atoms with Crippen molar-refractivity contribution < 1.29 is 4.79 Å². The van der Waals surface area contributed by atoms with Gasteiger partial charge in [0.15, 0.2) is 0 Å². The molecule has 1 amide bonds. The summed E-state index contributed by atoms with van der Waals surface area (Å²) in [6, 6.07) is 5.85. The van der Waals surface area contributed by atoms with Crippen molar-refractivity contribution in [1.82, 2.24) is 20.2 Å². The van der Waals surface area contributed by atoms with Crippen molar-refractivity contribution >= 4 is 5.91 Å². The average molecular weight is 286 g/mol. The molecular weight excluding hydrogens is 264 g/mol. The van der Waals surface area contributed by atoms with E-state index < -0.39 is 0 Å². The number of carbonyl (C=O) groups excluding carboxylic acids is 1. The zero-order chi connectivity index (χ0) is 15.1. The second-order valence-corrected chi connectivity index (χ2v) is 5.00. The predicted molar refractivity (Wildman–Crippen MR) is 83.8 cm³/mol. The Balaban J connectivity index is 2.07. The molecule has 2 aromatic rings. The SMILES string of the molecule is CCCNCCNC(=O)c1cc(C)ccc1-n1ccnc1. The van der Waals surface area contributed by atoms with Crippen molar-refractivity contribution in [3.05, 3.63) is 48.0 Å². The van der Waals surface area contributed by atoms with E-state index in [-0.39, 0.29) is 5.91 Å². The van der Waals surface area contributed by atoms with Gasteiger partial charge in [0.1, 0.15) is 0 Å². The highest BCUT2D eigenvalue weighted by Gasteiger charge is 2.12. The summed E-state index contributed by atoms with van der Waals surface area (Å²) in [5.74, 6) is -0.0549. The fourth-order valence-corrected chi connectivity index (χ4v) is 2.12. The Labute approximate surface area is 125 Å². The van der Waals surface area contributed by atoms with E-state index in [1.165, 1.54) is 0 Å². The van der Waals surface area contributed by atoms with Gasteiger partial charge < -0.3 is 15.2 Å². The Morgan fingerprint density at radius 2 is 2.14 bits per heavy atom. The van der Waals surface area contributed by atoms with E-state index in [2.05, 4.69) is 22.5 Å². The van der Waals surface area contributed by atoms with Gasteiger partial charge in [-0.1, -0.05) is 18.6 Å². The maximum absolute atomic E-state index is 12.4. The van der Waals surface area contributed by atoms with E-state index in [0.29, 0.717) is 12.1 Å². The van der Waals surface area contributed by atoms with E-state index in [1.54, 1.807) is 12.5 Å². The number of imidazole rings is 1. The molecule has 0 saturated carbocycles. The molecular formula is C16H22N4O. The largest absolute Gasteiger partial charge is 0.351 e. The standard InChI is InChI=1S/C16H22N4O/c1-3-6-17-7-8-19-16(21)14-11-13(2)4-5-15(14)20-10-9-18-12-20/h4-5,9-12,17H,3,6-8H2,1-2H3,(H,19,21). The van der Waals surface area contributed by atoms with Crippen LogP contribution in [0.2, 0.25) is 0 Å². The van der Waals surface area contributed by atoms with Crippen LogP contribution in [-0.2, 0) is 0 Å². The molecule has 112 valence electrons. The minimum absolute atomic E-state index is 0.0549. The molecule has 0 bridgehead atoms. The summed E-state index contributed by atoms with van der Waals surface area (Å²) in [5.41, 5.74) is 2.58. The van der Waals surface area contributed by atoms with E-state index in [1.807, 2.05) is 35.9 Å². The third-order valence-corrected chi connectivity index (χ3v) is 3.19. The second kappa shape index (κ2) is 7.59. The average Bonchev–Trinajstić information content (AvgIpc) is 3.01. The number of carbonyl (C=O) groups is 1. The summed E-state index contributed by atoms with van der Waals surface area (Å²) in [5, 5.41) is 6.22. The first-order valence-electron chi connectivity index (χ1n) is 7.30. The van der Waals surface area contributed by atoms with Crippen LogP contribution in [-0.4, -0.2) is 35.1 Å². The zero-order valence-corrected chi connectivity index (χ0v) is 12.6. The van der Waals surface area contributed by atoms with Gasteiger partial charge in [-0.2, -0.15) is 0 Å². The maximum Gasteiger partial charge on any atom is 0.253 e. The molecule has 0 radical (unpaired) electrons. The van der Waals surface area contributed by atoms with Crippen LogP contribution in [0, 0.1) is 6.92 Å². The van der Waals surface area contributed by atoms with Gasteiger partial charge in [-0.15, -0.1) is 0 Å². The van der Waals surface area contributed by atoms with Crippen LogP contribution >= 0.6 is 0 Å². The van der Waals surface area contributed by atoms with Crippen molar-refractivity contribution in [2.24, 2.45) is 0 Å². The number of hydrogen-bond acceptors (Lipinski definition) is 3. The topological polar surface area (TPSA) is 58.9 Å². The molecule has 21 heavy (non-hydrogen) atoms. The van der Waals surface area contributed by atoms with Gasteiger partial charge >= 0.3 is 0 Å². The third-order valence-electron chi connectivity index (χ3n) is 3.19. The molecule has 0 atom stereocenters. The van der Waals surface area contributed by atoms with E-state index in [9.17, 15) is 4.79 Å². The maximum atomic E-state index is 12.4. The Morgan fingerprint density at radius 1 is 1.29 bits per heavy atom. The van der Waals surface area contributed by atoms with Crippen molar-refractivity contribution in [1.29, 1.82) is 0 Å². The van der Waals surface area contributed by atoms with Gasteiger partial charge in [0.25, 0.3) is 5.91 Å². The van der Waals surface area contributed by atoms with Crippen molar-refractivity contribution in [3.8, 4) is 5.69 Å². The highest BCUT2D eigenvalue weighted by molar-refractivity contribution is 5.98. The van der Waals surface area contributed by atoms with Crippen molar-refractivity contribution in [2.45, 2.75) is 20.3 Å². The Bertz CT molecular complexity index is 578. The first-order valence-corrected chi connectivity index (χ1v) is 7.30. The number of rotatable bonds is 7. The molecule has 0 fully saturated rings. The summed E-state index contributed by atoms with van der Waals surface area (Å²) in [4.78, 5) is 16.4. The van der Waals surface area contributed by atoms with E-state index in [4.69, 9.17) is 0 Å². The van der Waals surface area contributed by atoms with Gasteiger partial charge in [0.05, 0.1) is 17.6 Å². The van der Waals surface area contributed by atoms with Crippen LogP contribution in [0.3, 0.4) is 0 Å². The minimum atomic E-state index is -0.0549. The lowest BCUT2D eigenvalue weighted by Crippen LogP contribution is -2.32. The van der Waals surface area contributed by atoms with Gasteiger partial charge in [-0.25, -0.2) is 4.98 Å². The van der Waals surface area contributed by atoms with Crippen LogP contribution in [0.15, 0.2) is 36.9 Å². The van der Waals surface area contributed by atoms with Crippen molar-refractivity contribution in [3.63, 3.8) is 0 Å². The third kappa shape index (κ3) is 4.16. The summed E-state index contributed by atoms with van der Waals surface area (Å²) >= 11 is 0. The summed E-state index contributed by atoms with van der Waals surface area (Å²) < 4.78 is 1.85. The molecule has 0 unspecified atom stereocenters. The van der Waals surface area contributed by atoms with E-state index >= 15 is 0 Å². The molecule has 1 aromatic heterocycles. The lowest BCUT2D eigenvalue weighted by atomic mass is 10.1.